The molecule has 5 rings (SSSR count). The SMILES string of the molecule is COc1cc(-c2cc(N[C@@H]3CCCc4ccccc43)cc3nccnc23)ccc1C(N)=O. The number of primary amides is 1. The lowest BCUT2D eigenvalue weighted by atomic mass is 9.87. The van der Waals surface area contributed by atoms with Crippen molar-refractivity contribution in [2.45, 2.75) is 25.3 Å². The molecule has 0 fully saturated rings. The van der Waals surface area contributed by atoms with Gasteiger partial charge in [0.25, 0.3) is 5.91 Å². The number of nitrogens with zero attached hydrogens (tertiary/aromatic N) is 2. The van der Waals surface area contributed by atoms with E-state index in [0.717, 1.165) is 47.1 Å². The van der Waals surface area contributed by atoms with Crippen LogP contribution in [0, 0.1) is 0 Å². The smallest absolute Gasteiger partial charge is 0.252 e. The third-order valence-corrected chi connectivity index (χ3v) is 6.06. The van der Waals surface area contributed by atoms with Crippen LogP contribution < -0.4 is 15.8 Å². The number of aryl methyl sites for hydroxylation is 1. The molecule has 0 unspecified atom stereocenters. The summed E-state index contributed by atoms with van der Waals surface area (Å²) in [6.07, 6.45) is 6.73. The van der Waals surface area contributed by atoms with E-state index in [4.69, 9.17) is 10.5 Å². The first-order chi connectivity index (χ1) is 15.6. The first-order valence-electron chi connectivity index (χ1n) is 10.7. The van der Waals surface area contributed by atoms with Gasteiger partial charge in [-0.25, -0.2) is 0 Å². The van der Waals surface area contributed by atoms with Gasteiger partial charge >= 0.3 is 0 Å². The van der Waals surface area contributed by atoms with E-state index in [1.54, 1.807) is 18.5 Å². The number of anilines is 1. The summed E-state index contributed by atoms with van der Waals surface area (Å²) in [6, 6.07) is 18.4. The van der Waals surface area contributed by atoms with Gasteiger partial charge in [-0.3, -0.25) is 14.8 Å². The molecule has 1 aliphatic rings. The maximum absolute atomic E-state index is 11.7. The van der Waals surface area contributed by atoms with Crippen molar-refractivity contribution in [3.8, 4) is 16.9 Å². The van der Waals surface area contributed by atoms with Crippen molar-refractivity contribution in [2.75, 3.05) is 12.4 Å². The van der Waals surface area contributed by atoms with Gasteiger partial charge in [0, 0.05) is 23.6 Å². The molecular formula is C26H24N4O2. The van der Waals surface area contributed by atoms with Crippen molar-refractivity contribution in [1.82, 2.24) is 9.97 Å². The second-order valence-corrected chi connectivity index (χ2v) is 8.02. The molecule has 160 valence electrons. The second kappa shape index (κ2) is 8.30. The Morgan fingerprint density at radius 1 is 1.09 bits per heavy atom. The van der Waals surface area contributed by atoms with Crippen molar-refractivity contribution in [1.29, 1.82) is 0 Å². The summed E-state index contributed by atoms with van der Waals surface area (Å²) in [5.74, 6) is -0.0870. The van der Waals surface area contributed by atoms with E-state index in [0.29, 0.717) is 11.3 Å². The van der Waals surface area contributed by atoms with Crippen LogP contribution in [0.4, 0.5) is 5.69 Å². The monoisotopic (exact) mass is 424 g/mol. The fraction of sp³-hybridized carbons (Fsp3) is 0.192. The Labute approximate surface area is 186 Å². The molecule has 0 bridgehead atoms. The molecule has 0 aliphatic heterocycles. The van der Waals surface area contributed by atoms with Gasteiger partial charge in [0.15, 0.2) is 0 Å². The Balaban J connectivity index is 1.60. The molecule has 6 nitrogen and oxygen atoms in total. The highest BCUT2D eigenvalue weighted by Gasteiger charge is 2.20. The fourth-order valence-electron chi connectivity index (χ4n) is 4.55. The zero-order chi connectivity index (χ0) is 22.1. The predicted octanol–water partition coefficient (Wildman–Crippen LogP) is 4.89. The fourth-order valence-corrected chi connectivity index (χ4v) is 4.55. The number of aromatic nitrogens is 2. The Kier molecular flexibility index (Phi) is 5.19. The lowest BCUT2D eigenvalue weighted by molar-refractivity contribution is 0.0997. The molecule has 0 spiro atoms. The molecule has 1 amide bonds. The van der Waals surface area contributed by atoms with Crippen molar-refractivity contribution < 1.29 is 9.53 Å². The summed E-state index contributed by atoms with van der Waals surface area (Å²) < 4.78 is 5.42. The topological polar surface area (TPSA) is 90.1 Å². The van der Waals surface area contributed by atoms with Gasteiger partial charge in [-0.15, -0.1) is 0 Å². The minimum atomic E-state index is -0.524. The normalized spacial score (nSPS) is 15.2. The highest BCUT2D eigenvalue weighted by Crippen LogP contribution is 2.36. The van der Waals surface area contributed by atoms with Crippen LogP contribution in [0.15, 0.2) is 67.0 Å². The lowest BCUT2D eigenvalue weighted by Crippen LogP contribution is -2.17. The average molecular weight is 425 g/mol. The highest BCUT2D eigenvalue weighted by atomic mass is 16.5. The van der Waals surface area contributed by atoms with Crippen LogP contribution in [0.25, 0.3) is 22.2 Å². The van der Waals surface area contributed by atoms with E-state index < -0.39 is 5.91 Å². The Hall–Kier alpha value is -3.93. The van der Waals surface area contributed by atoms with Crippen LogP contribution in [-0.4, -0.2) is 23.0 Å². The first kappa shape index (κ1) is 20.0. The maximum atomic E-state index is 11.7. The van der Waals surface area contributed by atoms with Gasteiger partial charge in [0.2, 0.25) is 0 Å². The Bertz CT molecular complexity index is 1320. The molecule has 1 heterocycles. The van der Waals surface area contributed by atoms with E-state index in [1.165, 1.54) is 18.2 Å². The summed E-state index contributed by atoms with van der Waals surface area (Å²) in [7, 11) is 1.53. The maximum Gasteiger partial charge on any atom is 0.252 e. The quantitative estimate of drug-likeness (QED) is 0.476. The molecule has 1 aromatic heterocycles. The van der Waals surface area contributed by atoms with E-state index in [1.807, 2.05) is 18.2 Å². The molecule has 3 aromatic carbocycles. The second-order valence-electron chi connectivity index (χ2n) is 8.02. The van der Waals surface area contributed by atoms with Crippen LogP contribution in [0.3, 0.4) is 0 Å². The minimum absolute atomic E-state index is 0.244. The third-order valence-electron chi connectivity index (χ3n) is 6.06. The average Bonchev–Trinajstić information content (AvgIpc) is 2.83. The van der Waals surface area contributed by atoms with Gasteiger partial charge in [0.1, 0.15) is 5.75 Å². The number of nitrogens with one attached hydrogen (secondary N) is 1. The molecule has 6 heteroatoms. The summed E-state index contributed by atoms with van der Waals surface area (Å²) in [5.41, 5.74) is 13.0. The van der Waals surface area contributed by atoms with Crippen molar-refractivity contribution in [3.05, 3.63) is 83.7 Å². The van der Waals surface area contributed by atoms with Crippen molar-refractivity contribution in [2.24, 2.45) is 5.73 Å². The highest BCUT2D eigenvalue weighted by molar-refractivity contribution is 5.98. The molecule has 0 radical (unpaired) electrons. The number of amides is 1. The van der Waals surface area contributed by atoms with E-state index in [-0.39, 0.29) is 6.04 Å². The molecule has 1 atom stereocenters. The lowest BCUT2D eigenvalue weighted by Gasteiger charge is -2.27. The Morgan fingerprint density at radius 3 is 2.78 bits per heavy atom. The van der Waals surface area contributed by atoms with E-state index in [2.05, 4.69) is 45.6 Å². The molecular weight excluding hydrogens is 400 g/mol. The van der Waals surface area contributed by atoms with Gasteiger partial charge in [-0.2, -0.15) is 0 Å². The number of benzene rings is 3. The number of hydrogen-bond donors (Lipinski definition) is 2. The standard InChI is InChI=1S/C26H24N4O2/c1-32-24-13-17(9-10-20(24)26(27)31)21-14-18(15-23-25(21)29-12-11-28-23)30-22-8-4-6-16-5-2-3-7-19(16)22/h2-3,5,7,9-15,22,30H,4,6,8H2,1H3,(H2,27,31)/t22-/m1/s1. The number of ether oxygens (including phenoxy) is 1. The van der Waals surface area contributed by atoms with Gasteiger partial charge in [-0.05, 0) is 60.2 Å². The van der Waals surface area contributed by atoms with Crippen LogP contribution >= 0.6 is 0 Å². The molecule has 0 saturated carbocycles. The molecule has 32 heavy (non-hydrogen) atoms. The third kappa shape index (κ3) is 3.64. The van der Waals surface area contributed by atoms with Gasteiger partial charge in [0.05, 0.1) is 29.7 Å². The number of nitrogens with two attached hydrogens (primary N) is 1. The minimum Gasteiger partial charge on any atom is -0.496 e. The zero-order valence-corrected chi connectivity index (χ0v) is 17.8. The first-order valence-corrected chi connectivity index (χ1v) is 10.7. The summed E-state index contributed by atoms with van der Waals surface area (Å²) in [5, 5.41) is 3.72. The zero-order valence-electron chi connectivity index (χ0n) is 17.8. The molecule has 3 N–H and O–H groups in total. The molecule has 0 saturated heterocycles. The number of rotatable bonds is 5. The number of carbonyl (C=O) groups is 1. The van der Waals surface area contributed by atoms with Gasteiger partial charge < -0.3 is 15.8 Å². The number of fused-ring (bicyclic) bond motifs is 2. The molecule has 1 aliphatic carbocycles. The number of methoxy groups -OCH3 is 1. The Morgan fingerprint density at radius 2 is 1.94 bits per heavy atom. The summed E-state index contributed by atoms with van der Waals surface area (Å²) >= 11 is 0. The van der Waals surface area contributed by atoms with Crippen molar-refractivity contribution in [3.63, 3.8) is 0 Å². The van der Waals surface area contributed by atoms with Gasteiger partial charge in [-0.1, -0.05) is 30.3 Å². The summed E-state index contributed by atoms with van der Waals surface area (Å²) in [6.45, 7) is 0. The van der Waals surface area contributed by atoms with Crippen LogP contribution in [0.1, 0.15) is 40.4 Å². The number of hydrogen-bond acceptors (Lipinski definition) is 5. The van der Waals surface area contributed by atoms with Crippen LogP contribution in [-0.2, 0) is 6.42 Å². The van der Waals surface area contributed by atoms with Crippen molar-refractivity contribution >= 4 is 22.6 Å². The predicted molar refractivity (Wildman–Crippen MR) is 126 cm³/mol. The van der Waals surface area contributed by atoms with Crippen LogP contribution in [0.5, 0.6) is 5.75 Å². The molecule has 4 aromatic rings. The van der Waals surface area contributed by atoms with E-state index in [9.17, 15) is 4.79 Å². The number of carbonyl (C=O) groups excluding carboxylic acids is 1. The summed E-state index contributed by atoms with van der Waals surface area (Å²) in [4.78, 5) is 20.8. The van der Waals surface area contributed by atoms with Crippen LogP contribution in [0.2, 0.25) is 0 Å². The van der Waals surface area contributed by atoms with E-state index >= 15 is 0 Å². The largest absolute Gasteiger partial charge is 0.496 e.